The first-order valence-electron chi connectivity index (χ1n) is 9.63. The second-order valence-electron chi connectivity index (χ2n) is 6.91. The molecule has 7 nitrogen and oxygen atoms in total. The number of benzene rings is 2. The molecule has 1 aliphatic heterocycles. The molecule has 148 valence electrons. The molecule has 3 aromatic rings. The fraction of sp³-hybridized carbons (Fsp3) is 0.227. The summed E-state index contributed by atoms with van der Waals surface area (Å²) in [6.07, 6.45) is 5.92. The number of nitrogens with one attached hydrogen (secondary N) is 2. The van der Waals surface area contributed by atoms with Crippen molar-refractivity contribution < 1.29 is 4.79 Å². The molecule has 1 saturated heterocycles. The highest BCUT2D eigenvalue weighted by Gasteiger charge is 2.31. The third-order valence-electron chi connectivity index (χ3n) is 4.98. The molecule has 1 fully saturated rings. The Morgan fingerprint density at radius 1 is 1.17 bits per heavy atom. The highest BCUT2D eigenvalue weighted by atomic mass is 16.2. The van der Waals surface area contributed by atoms with E-state index in [9.17, 15) is 4.79 Å². The van der Waals surface area contributed by atoms with Crippen molar-refractivity contribution in [1.29, 1.82) is 0 Å². The van der Waals surface area contributed by atoms with E-state index in [-0.39, 0.29) is 11.9 Å². The molecule has 1 aliphatic rings. The van der Waals surface area contributed by atoms with E-state index in [1.54, 1.807) is 19.6 Å². The predicted molar refractivity (Wildman–Crippen MR) is 114 cm³/mol. The van der Waals surface area contributed by atoms with E-state index in [1.807, 2.05) is 58.1 Å². The van der Waals surface area contributed by atoms with Crippen molar-refractivity contribution in [3.8, 4) is 5.69 Å². The van der Waals surface area contributed by atoms with Crippen molar-refractivity contribution in [2.24, 2.45) is 4.99 Å². The summed E-state index contributed by atoms with van der Waals surface area (Å²) in [6, 6.07) is 17.9. The Bertz CT molecular complexity index is 984. The minimum Gasteiger partial charge on any atom is -0.352 e. The maximum absolute atomic E-state index is 12.4. The first-order chi connectivity index (χ1) is 14.2. The van der Waals surface area contributed by atoms with Crippen LogP contribution >= 0.6 is 0 Å². The van der Waals surface area contributed by atoms with Gasteiger partial charge in [-0.15, -0.1) is 0 Å². The first kappa shape index (κ1) is 18.7. The summed E-state index contributed by atoms with van der Waals surface area (Å²) in [6.45, 7) is 1.23. The largest absolute Gasteiger partial charge is 0.352 e. The fourth-order valence-corrected chi connectivity index (χ4v) is 3.54. The lowest BCUT2D eigenvalue weighted by Gasteiger charge is -2.19. The smallest absolute Gasteiger partial charge is 0.229 e. The second kappa shape index (κ2) is 8.60. The van der Waals surface area contributed by atoms with Gasteiger partial charge in [0.2, 0.25) is 5.91 Å². The zero-order chi connectivity index (χ0) is 20.1. The molecular formula is C22H24N6O. The lowest BCUT2D eigenvalue weighted by Crippen LogP contribution is -2.44. The van der Waals surface area contributed by atoms with Crippen molar-refractivity contribution in [2.75, 3.05) is 18.5 Å². The molecule has 0 saturated carbocycles. The molecule has 1 atom stereocenters. The number of aliphatic imine (C=N–C) groups is 1. The van der Waals surface area contributed by atoms with E-state index < -0.39 is 0 Å². The number of guanidine groups is 1. The molecule has 2 N–H and O–H groups in total. The van der Waals surface area contributed by atoms with Crippen molar-refractivity contribution in [3.05, 3.63) is 78.9 Å². The molecule has 0 bridgehead atoms. The van der Waals surface area contributed by atoms with Gasteiger partial charge in [0, 0.05) is 44.6 Å². The summed E-state index contributed by atoms with van der Waals surface area (Å²) < 4.78 is 1.99. The van der Waals surface area contributed by atoms with Gasteiger partial charge in [-0.05, 0) is 23.8 Å². The van der Waals surface area contributed by atoms with Crippen LogP contribution in [0.3, 0.4) is 0 Å². The van der Waals surface area contributed by atoms with Crippen LogP contribution in [0.25, 0.3) is 5.69 Å². The van der Waals surface area contributed by atoms with Crippen LogP contribution in [0.5, 0.6) is 0 Å². The third kappa shape index (κ3) is 4.29. The van der Waals surface area contributed by atoms with Gasteiger partial charge in [0.25, 0.3) is 0 Å². The van der Waals surface area contributed by atoms with E-state index in [0.717, 1.165) is 16.9 Å². The average molecular weight is 388 g/mol. The average Bonchev–Trinajstić information content (AvgIpc) is 3.42. The third-order valence-corrected chi connectivity index (χ3v) is 4.98. The molecule has 29 heavy (non-hydrogen) atoms. The van der Waals surface area contributed by atoms with E-state index in [1.165, 1.54) is 0 Å². The van der Waals surface area contributed by atoms with Crippen molar-refractivity contribution >= 4 is 17.6 Å². The summed E-state index contributed by atoms with van der Waals surface area (Å²) in [4.78, 5) is 22.7. The molecule has 2 aromatic carbocycles. The molecule has 1 amide bonds. The number of imidazole rings is 1. The van der Waals surface area contributed by atoms with E-state index >= 15 is 0 Å². The summed E-state index contributed by atoms with van der Waals surface area (Å²) in [7, 11) is 1.74. The number of hydrogen-bond donors (Lipinski definition) is 2. The van der Waals surface area contributed by atoms with Crippen LogP contribution in [0, 0.1) is 0 Å². The van der Waals surface area contributed by atoms with Crippen molar-refractivity contribution in [1.82, 2.24) is 20.2 Å². The molecule has 1 unspecified atom stereocenters. The Morgan fingerprint density at radius 3 is 2.72 bits per heavy atom. The monoisotopic (exact) mass is 388 g/mol. The molecule has 0 radical (unpaired) electrons. The van der Waals surface area contributed by atoms with Gasteiger partial charge >= 0.3 is 0 Å². The van der Waals surface area contributed by atoms with Gasteiger partial charge < -0.3 is 20.1 Å². The topological polar surface area (TPSA) is 74.5 Å². The van der Waals surface area contributed by atoms with E-state index in [2.05, 4.69) is 32.7 Å². The number of amides is 1. The van der Waals surface area contributed by atoms with E-state index in [4.69, 9.17) is 0 Å². The number of para-hydroxylation sites is 2. The number of nitrogens with zero attached hydrogens (tertiary/aromatic N) is 4. The van der Waals surface area contributed by atoms with Crippen LogP contribution in [0.4, 0.5) is 5.69 Å². The van der Waals surface area contributed by atoms with Gasteiger partial charge in [0.1, 0.15) is 0 Å². The Morgan fingerprint density at radius 2 is 1.97 bits per heavy atom. The molecule has 2 heterocycles. The number of aromatic nitrogens is 2. The van der Waals surface area contributed by atoms with Crippen LogP contribution in [-0.2, 0) is 11.3 Å². The number of carbonyl (C=O) groups is 1. The van der Waals surface area contributed by atoms with Crippen molar-refractivity contribution in [2.45, 2.75) is 19.0 Å². The minimum absolute atomic E-state index is 0.0119. The standard InChI is InChI=1S/C22H24N6O/c1-23-22(25-14-17-7-5-6-10-20(17)27-12-11-24-16-27)26-18-13-21(29)28(15-18)19-8-3-2-4-9-19/h2-12,16,18H,13-15H2,1H3,(H2,23,25,26). The van der Waals surface area contributed by atoms with Gasteiger partial charge in [0.05, 0.1) is 18.1 Å². The number of anilines is 1. The van der Waals surface area contributed by atoms with Crippen LogP contribution in [-0.4, -0.2) is 41.1 Å². The zero-order valence-electron chi connectivity index (χ0n) is 16.3. The normalized spacial score (nSPS) is 16.9. The SMILES string of the molecule is CN=C(NCc1ccccc1-n1ccnc1)NC1CC(=O)N(c2ccccc2)C1. The zero-order valence-corrected chi connectivity index (χ0v) is 16.3. The lowest BCUT2D eigenvalue weighted by molar-refractivity contribution is -0.117. The summed E-state index contributed by atoms with van der Waals surface area (Å²) in [5.41, 5.74) is 3.13. The Labute approximate surface area is 170 Å². The van der Waals surface area contributed by atoms with Crippen LogP contribution < -0.4 is 15.5 Å². The minimum atomic E-state index is 0.0119. The van der Waals surface area contributed by atoms with Gasteiger partial charge in [-0.25, -0.2) is 4.98 Å². The summed E-state index contributed by atoms with van der Waals surface area (Å²) in [5.74, 6) is 0.799. The molecule has 1 aromatic heterocycles. The highest BCUT2D eigenvalue weighted by Crippen LogP contribution is 2.21. The fourth-order valence-electron chi connectivity index (χ4n) is 3.54. The van der Waals surface area contributed by atoms with Gasteiger partial charge in [-0.1, -0.05) is 36.4 Å². The first-order valence-corrected chi connectivity index (χ1v) is 9.63. The Kier molecular flexibility index (Phi) is 5.56. The molecule has 0 spiro atoms. The van der Waals surface area contributed by atoms with Crippen molar-refractivity contribution in [3.63, 3.8) is 0 Å². The molecule has 4 rings (SSSR count). The van der Waals surface area contributed by atoms with Gasteiger partial charge in [-0.3, -0.25) is 9.79 Å². The quantitative estimate of drug-likeness (QED) is 0.520. The predicted octanol–water partition coefficient (Wildman–Crippen LogP) is 2.34. The Balaban J connectivity index is 1.39. The number of hydrogen-bond acceptors (Lipinski definition) is 3. The van der Waals surface area contributed by atoms with Crippen LogP contribution in [0.15, 0.2) is 78.3 Å². The molecule has 7 heteroatoms. The van der Waals surface area contributed by atoms with Crippen LogP contribution in [0.2, 0.25) is 0 Å². The van der Waals surface area contributed by atoms with Gasteiger partial charge in [-0.2, -0.15) is 0 Å². The summed E-state index contributed by atoms with van der Waals surface area (Å²) in [5, 5.41) is 6.74. The number of carbonyl (C=O) groups excluding carboxylic acids is 1. The number of rotatable bonds is 5. The van der Waals surface area contributed by atoms with Gasteiger partial charge in [0.15, 0.2) is 5.96 Å². The molecular weight excluding hydrogens is 364 g/mol. The highest BCUT2D eigenvalue weighted by molar-refractivity contribution is 5.97. The maximum Gasteiger partial charge on any atom is 0.229 e. The lowest BCUT2D eigenvalue weighted by atomic mass is 10.1. The van der Waals surface area contributed by atoms with Crippen LogP contribution in [0.1, 0.15) is 12.0 Å². The summed E-state index contributed by atoms with van der Waals surface area (Å²) >= 11 is 0. The maximum atomic E-state index is 12.4. The second-order valence-corrected chi connectivity index (χ2v) is 6.91. The Hall–Kier alpha value is -3.61. The molecule has 0 aliphatic carbocycles. The van der Waals surface area contributed by atoms with E-state index in [0.29, 0.717) is 25.5 Å².